The average molecular weight is 371 g/mol. The Morgan fingerprint density at radius 3 is 1.75 bits per heavy atom. The number of hydrogen-bond donors (Lipinski definition) is 3. The van der Waals surface area contributed by atoms with Crippen molar-refractivity contribution in [3.8, 4) is 0 Å². The van der Waals surface area contributed by atoms with Gasteiger partial charge in [0.1, 0.15) is 0 Å². The highest BCUT2D eigenvalue weighted by Crippen LogP contribution is 2.26. The first-order valence-corrected chi connectivity index (χ1v) is 8.36. The van der Waals surface area contributed by atoms with Crippen LogP contribution >= 0.6 is 21.7 Å². The summed E-state index contributed by atoms with van der Waals surface area (Å²) in [6.45, 7) is 3.81. The van der Waals surface area contributed by atoms with Crippen LogP contribution in [0.3, 0.4) is 0 Å². The Morgan fingerprint density at radius 1 is 0.875 bits per heavy atom. The van der Waals surface area contributed by atoms with Gasteiger partial charge in [-0.1, -0.05) is 23.8 Å². The summed E-state index contributed by atoms with van der Waals surface area (Å²) in [6.07, 6.45) is 0. The number of carboxylic acids is 2. The zero-order chi connectivity index (χ0) is 18.7. The van der Waals surface area contributed by atoms with Gasteiger partial charge in [0.2, 0.25) is 0 Å². The predicted octanol–water partition coefficient (Wildman–Crippen LogP) is 4.24. The maximum atomic E-state index is 10.5. The quantitative estimate of drug-likeness (QED) is 0.748. The van der Waals surface area contributed by atoms with E-state index in [-0.39, 0.29) is 5.56 Å². The lowest BCUT2D eigenvalue weighted by Gasteiger charge is -2.01. The SMILES string of the molecule is CO.Cc1ccc(C(=O)O)cc1.Cc1ccc(C(=O)O)cc1SCl. The molecule has 24 heavy (non-hydrogen) atoms. The standard InChI is InChI=1S/C8H7ClO2S.C8H8O2.CH4O/c1-5-2-3-6(8(10)11)4-7(5)12-9;1-6-2-4-7(5-3-6)8(9)10;1-2/h2-4H,1H3,(H,10,11);2-5H,1H3,(H,9,10);2H,1H3. The van der Waals surface area contributed by atoms with Crippen molar-refractivity contribution in [2.45, 2.75) is 18.7 Å². The molecule has 0 heterocycles. The van der Waals surface area contributed by atoms with Crippen LogP contribution in [0.25, 0.3) is 0 Å². The normalized spacial score (nSPS) is 9.04. The number of carboxylic acid groups (broad SMARTS) is 2. The van der Waals surface area contributed by atoms with Crippen LogP contribution in [0.5, 0.6) is 0 Å². The van der Waals surface area contributed by atoms with Gasteiger partial charge in [0.25, 0.3) is 0 Å². The maximum absolute atomic E-state index is 10.5. The van der Waals surface area contributed by atoms with Crippen molar-refractivity contribution in [1.29, 1.82) is 0 Å². The molecule has 0 atom stereocenters. The number of carbonyl (C=O) groups is 2. The lowest BCUT2D eigenvalue weighted by Crippen LogP contribution is -1.96. The first-order chi connectivity index (χ1) is 11.3. The van der Waals surface area contributed by atoms with E-state index in [1.54, 1.807) is 42.5 Å². The van der Waals surface area contributed by atoms with Gasteiger partial charge in [0, 0.05) is 12.0 Å². The molecule has 0 aliphatic rings. The van der Waals surface area contributed by atoms with Gasteiger partial charge in [0.05, 0.1) is 11.1 Å². The van der Waals surface area contributed by atoms with Gasteiger partial charge in [-0.25, -0.2) is 9.59 Å². The molecule has 0 radical (unpaired) electrons. The van der Waals surface area contributed by atoms with Gasteiger partial charge in [-0.2, -0.15) is 0 Å². The van der Waals surface area contributed by atoms with Crippen LogP contribution in [0.4, 0.5) is 0 Å². The van der Waals surface area contributed by atoms with Crippen molar-refractivity contribution < 1.29 is 24.9 Å². The molecule has 0 aliphatic heterocycles. The van der Waals surface area contributed by atoms with Crippen molar-refractivity contribution in [2.24, 2.45) is 0 Å². The summed E-state index contributed by atoms with van der Waals surface area (Å²) in [5.41, 5.74) is 2.67. The average Bonchev–Trinajstić information content (AvgIpc) is 2.58. The molecule has 0 amide bonds. The third-order valence-corrected chi connectivity index (χ3v) is 3.92. The molecule has 0 unspecified atom stereocenters. The molecule has 0 aliphatic carbocycles. The number of rotatable bonds is 3. The topological polar surface area (TPSA) is 94.8 Å². The highest BCUT2D eigenvalue weighted by Gasteiger charge is 2.05. The second-order valence-corrected chi connectivity index (χ2v) is 5.59. The lowest BCUT2D eigenvalue weighted by atomic mass is 10.1. The summed E-state index contributed by atoms with van der Waals surface area (Å²) in [5, 5.41) is 24.1. The molecule has 2 aromatic rings. The van der Waals surface area contributed by atoms with Crippen LogP contribution in [0.2, 0.25) is 0 Å². The summed E-state index contributed by atoms with van der Waals surface area (Å²) < 4.78 is 0. The molecule has 0 bridgehead atoms. The number of halogens is 1. The Labute approximate surface area is 149 Å². The van der Waals surface area contributed by atoms with Crippen molar-refractivity contribution in [3.05, 3.63) is 64.7 Å². The van der Waals surface area contributed by atoms with Gasteiger partial charge in [-0.05, 0) is 65.3 Å². The maximum Gasteiger partial charge on any atom is 0.335 e. The molecular formula is C17H19ClO5S. The second kappa shape index (κ2) is 11.5. The van der Waals surface area contributed by atoms with Gasteiger partial charge in [-0.3, -0.25) is 0 Å². The molecule has 3 N–H and O–H groups in total. The molecule has 2 aromatic carbocycles. The summed E-state index contributed by atoms with van der Waals surface area (Å²) in [6, 6.07) is 11.6. The molecule has 0 fully saturated rings. The van der Waals surface area contributed by atoms with Gasteiger partial charge < -0.3 is 15.3 Å². The summed E-state index contributed by atoms with van der Waals surface area (Å²) in [5.74, 6) is -1.80. The molecule has 0 spiro atoms. The zero-order valence-electron chi connectivity index (χ0n) is 13.5. The largest absolute Gasteiger partial charge is 0.478 e. The Balaban J connectivity index is 0.000000405. The van der Waals surface area contributed by atoms with Crippen molar-refractivity contribution in [3.63, 3.8) is 0 Å². The molecular weight excluding hydrogens is 352 g/mol. The first-order valence-electron chi connectivity index (χ1n) is 6.72. The van der Waals surface area contributed by atoms with Crippen molar-refractivity contribution in [2.75, 3.05) is 7.11 Å². The Kier molecular flexibility index (Phi) is 10.5. The lowest BCUT2D eigenvalue weighted by molar-refractivity contribution is 0.0686. The van der Waals surface area contributed by atoms with Gasteiger partial charge in [-0.15, -0.1) is 0 Å². The molecule has 2 rings (SSSR count). The van der Waals surface area contributed by atoms with Crippen LogP contribution in [0.15, 0.2) is 47.4 Å². The van der Waals surface area contributed by atoms with E-state index in [4.69, 9.17) is 26.0 Å². The monoisotopic (exact) mass is 370 g/mol. The second-order valence-electron chi connectivity index (χ2n) is 4.53. The number of aromatic carboxylic acids is 2. The predicted molar refractivity (Wildman–Crippen MR) is 96.1 cm³/mol. The van der Waals surface area contributed by atoms with E-state index in [0.717, 1.165) is 34.1 Å². The molecule has 0 saturated carbocycles. The van der Waals surface area contributed by atoms with E-state index in [2.05, 4.69) is 0 Å². The highest BCUT2D eigenvalue weighted by atomic mass is 35.7. The van der Waals surface area contributed by atoms with E-state index in [0.29, 0.717) is 5.56 Å². The molecule has 5 nitrogen and oxygen atoms in total. The van der Waals surface area contributed by atoms with E-state index in [9.17, 15) is 9.59 Å². The van der Waals surface area contributed by atoms with E-state index in [1.165, 1.54) is 0 Å². The Hall–Kier alpha value is -2.02. The van der Waals surface area contributed by atoms with Gasteiger partial charge >= 0.3 is 11.9 Å². The molecule has 0 aromatic heterocycles. The number of hydrogen-bond acceptors (Lipinski definition) is 4. The van der Waals surface area contributed by atoms with Gasteiger partial charge in [0.15, 0.2) is 0 Å². The molecule has 0 saturated heterocycles. The smallest absolute Gasteiger partial charge is 0.335 e. The summed E-state index contributed by atoms with van der Waals surface area (Å²) in [4.78, 5) is 21.6. The third kappa shape index (κ3) is 7.50. The van der Waals surface area contributed by atoms with Crippen LogP contribution < -0.4 is 0 Å². The first kappa shape index (κ1) is 22.0. The fraction of sp³-hybridized carbons (Fsp3) is 0.176. The Morgan fingerprint density at radius 2 is 1.33 bits per heavy atom. The fourth-order valence-corrected chi connectivity index (χ4v) is 2.37. The third-order valence-electron chi connectivity index (χ3n) is 2.82. The Bertz CT molecular complexity index is 671. The van der Waals surface area contributed by atoms with E-state index >= 15 is 0 Å². The van der Waals surface area contributed by atoms with E-state index in [1.807, 2.05) is 13.8 Å². The number of aryl methyl sites for hydroxylation is 2. The zero-order valence-corrected chi connectivity index (χ0v) is 15.1. The number of benzene rings is 2. The van der Waals surface area contributed by atoms with Crippen LogP contribution in [-0.4, -0.2) is 34.4 Å². The van der Waals surface area contributed by atoms with Crippen molar-refractivity contribution >= 4 is 33.6 Å². The van der Waals surface area contributed by atoms with Crippen LogP contribution in [0.1, 0.15) is 31.8 Å². The van der Waals surface area contributed by atoms with Crippen molar-refractivity contribution in [1.82, 2.24) is 0 Å². The summed E-state index contributed by atoms with van der Waals surface area (Å²) in [7, 11) is 7.57. The minimum atomic E-state index is -0.929. The number of aliphatic hydroxyl groups excluding tert-OH is 1. The fourth-order valence-electron chi connectivity index (χ4n) is 1.51. The minimum Gasteiger partial charge on any atom is -0.478 e. The van der Waals surface area contributed by atoms with E-state index < -0.39 is 11.9 Å². The highest BCUT2D eigenvalue weighted by molar-refractivity contribution is 8.21. The summed E-state index contributed by atoms with van der Waals surface area (Å²) >= 11 is 0. The molecule has 130 valence electrons. The number of aliphatic hydroxyl groups is 1. The minimum absolute atomic E-state index is 0.267. The van der Waals surface area contributed by atoms with Crippen LogP contribution in [0, 0.1) is 13.8 Å². The molecule has 7 heteroatoms. The van der Waals surface area contributed by atoms with Crippen LogP contribution in [-0.2, 0) is 0 Å².